The predicted molar refractivity (Wildman–Crippen MR) is 53.1 cm³/mol. The molecular formula is C10H15N3O. The quantitative estimate of drug-likeness (QED) is 0.700. The maximum atomic E-state index is 12.0. The van der Waals surface area contributed by atoms with E-state index < -0.39 is 0 Å². The first kappa shape index (κ1) is 9.40. The summed E-state index contributed by atoms with van der Waals surface area (Å²) in [6.45, 7) is 3.00. The molecule has 0 amide bonds. The maximum Gasteiger partial charge on any atom is 0.185 e. The molecule has 4 heteroatoms. The number of carbonyl (C=O) groups is 1. The van der Waals surface area contributed by atoms with E-state index in [1.54, 1.807) is 17.1 Å². The molecule has 2 atom stereocenters. The molecule has 14 heavy (non-hydrogen) atoms. The first-order valence-electron chi connectivity index (χ1n) is 4.94. The van der Waals surface area contributed by atoms with Gasteiger partial charge in [0.1, 0.15) is 5.69 Å². The van der Waals surface area contributed by atoms with Gasteiger partial charge in [0.15, 0.2) is 5.78 Å². The highest BCUT2D eigenvalue weighted by Crippen LogP contribution is 2.19. The Kier molecular flexibility index (Phi) is 2.37. The summed E-state index contributed by atoms with van der Waals surface area (Å²) in [7, 11) is 1.85. The van der Waals surface area contributed by atoms with Crippen molar-refractivity contribution in [3.8, 4) is 0 Å². The van der Waals surface area contributed by atoms with Crippen LogP contribution in [0.5, 0.6) is 0 Å². The highest BCUT2D eigenvalue weighted by Gasteiger charge is 2.31. The number of hydrogen-bond donors (Lipinski definition) is 1. The summed E-state index contributed by atoms with van der Waals surface area (Å²) < 4.78 is 1.79. The SMILES string of the molecule is CC1NCCC1C(=O)c1cncn1C. The van der Waals surface area contributed by atoms with Crippen LogP contribution in [0.3, 0.4) is 0 Å². The van der Waals surface area contributed by atoms with Crippen molar-refractivity contribution in [3.05, 3.63) is 18.2 Å². The number of nitrogens with one attached hydrogen (secondary N) is 1. The Labute approximate surface area is 83.3 Å². The third kappa shape index (κ3) is 1.46. The van der Waals surface area contributed by atoms with Gasteiger partial charge in [-0.1, -0.05) is 0 Å². The van der Waals surface area contributed by atoms with Gasteiger partial charge >= 0.3 is 0 Å². The number of nitrogens with zero attached hydrogens (tertiary/aromatic N) is 2. The Bertz CT molecular complexity index is 345. The molecule has 0 saturated carbocycles. The number of rotatable bonds is 2. The molecule has 0 aromatic carbocycles. The van der Waals surface area contributed by atoms with Gasteiger partial charge in [-0.05, 0) is 19.9 Å². The summed E-state index contributed by atoms with van der Waals surface area (Å²) >= 11 is 0. The lowest BCUT2D eigenvalue weighted by atomic mass is 9.95. The molecule has 2 rings (SSSR count). The van der Waals surface area contributed by atoms with Crippen molar-refractivity contribution in [3.63, 3.8) is 0 Å². The van der Waals surface area contributed by atoms with Gasteiger partial charge in [-0.15, -0.1) is 0 Å². The molecule has 1 fully saturated rings. The van der Waals surface area contributed by atoms with Gasteiger partial charge in [-0.2, -0.15) is 0 Å². The molecule has 1 aromatic rings. The molecule has 1 aromatic heterocycles. The van der Waals surface area contributed by atoms with Crippen LogP contribution in [-0.2, 0) is 7.05 Å². The number of aryl methyl sites for hydroxylation is 1. The van der Waals surface area contributed by atoms with E-state index in [0.717, 1.165) is 13.0 Å². The zero-order chi connectivity index (χ0) is 10.1. The molecule has 0 radical (unpaired) electrons. The van der Waals surface area contributed by atoms with Crippen LogP contribution in [0.1, 0.15) is 23.8 Å². The maximum absolute atomic E-state index is 12.0. The summed E-state index contributed by atoms with van der Waals surface area (Å²) in [5, 5.41) is 3.28. The molecule has 1 aliphatic rings. The summed E-state index contributed by atoms with van der Waals surface area (Å²) in [4.78, 5) is 16.0. The minimum absolute atomic E-state index is 0.116. The number of Topliss-reactive ketones (excluding diaryl/α,β-unsaturated/α-hetero) is 1. The molecule has 1 saturated heterocycles. The van der Waals surface area contributed by atoms with Gasteiger partial charge in [-0.3, -0.25) is 4.79 Å². The number of ketones is 1. The largest absolute Gasteiger partial charge is 0.331 e. The van der Waals surface area contributed by atoms with Gasteiger partial charge in [-0.25, -0.2) is 4.98 Å². The molecule has 2 heterocycles. The van der Waals surface area contributed by atoms with Crippen LogP contribution in [0.25, 0.3) is 0 Å². The van der Waals surface area contributed by atoms with Crippen molar-refractivity contribution in [2.24, 2.45) is 13.0 Å². The van der Waals surface area contributed by atoms with Gasteiger partial charge in [0.25, 0.3) is 0 Å². The molecular weight excluding hydrogens is 178 g/mol. The zero-order valence-electron chi connectivity index (χ0n) is 8.53. The van der Waals surface area contributed by atoms with Gasteiger partial charge in [0.05, 0.1) is 12.5 Å². The van der Waals surface area contributed by atoms with Crippen LogP contribution >= 0.6 is 0 Å². The second-order valence-corrected chi connectivity index (χ2v) is 3.89. The van der Waals surface area contributed by atoms with E-state index in [4.69, 9.17) is 0 Å². The molecule has 0 spiro atoms. The molecule has 4 nitrogen and oxygen atoms in total. The van der Waals surface area contributed by atoms with Gasteiger partial charge < -0.3 is 9.88 Å². The second kappa shape index (κ2) is 3.53. The standard InChI is InChI=1S/C10H15N3O/c1-7-8(3-4-12-7)10(14)9-5-11-6-13(9)2/h5-8,12H,3-4H2,1-2H3. The number of imidazole rings is 1. The lowest BCUT2D eigenvalue weighted by molar-refractivity contribution is 0.0905. The molecule has 1 aliphatic heterocycles. The molecule has 0 bridgehead atoms. The minimum atomic E-state index is 0.116. The van der Waals surface area contributed by atoms with Crippen molar-refractivity contribution in [2.75, 3.05) is 6.54 Å². The van der Waals surface area contributed by atoms with Crippen LogP contribution in [0.2, 0.25) is 0 Å². The van der Waals surface area contributed by atoms with E-state index in [1.165, 1.54) is 0 Å². The monoisotopic (exact) mass is 193 g/mol. The summed E-state index contributed by atoms with van der Waals surface area (Å²) in [6.07, 6.45) is 4.25. The normalized spacial score (nSPS) is 26.7. The zero-order valence-corrected chi connectivity index (χ0v) is 8.53. The lowest BCUT2D eigenvalue weighted by Crippen LogP contribution is -2.29. The van der Waals surface area contributed by atoms with E-state index in [1.807, 2.05) is 7.05 Å². The highest BCUT2D eigenvalue weighted by molar-refractivity contribution is 5.96. The average Bonchev–Trinajstić information content (AvgIpc) is 2.73. The van der Waals surface area contributed by atoms with Crippen LogP contribution in [0, 0.1) is 5.92 Å². The van der Waals surface area contributed by atoms with Gasteiger partial charge in [0.2, 0.25) is 0 Å². The average molecular weight is 193 g/mol. The second-order valence-electron chi connectivity index (χ2n) is 3.89. The van der Waals surface area contributed by atoms with Crippen LogP contribution in [0.4, 0.5) is 0 Å². The van der Waals surface area contributed by atoms with E-state index >= 15 is 0 Å². The summed E-state index contributed by atoms with van der Waals surface area (Å²) in [6, 6.07) is 0.289. The first-order chi connectivity index (χ1) is 6.70. The first-order valence-corrected chi connectivity index (χ1v) is 4.94. The van der Waals surface area contributed by atoms with Crippen molar-refractivity contribution in [2.45, 2.75) is 19.4 Å². The number of hydrogen-bond acceptors (Lipinski definition) is 3. The van der Waals surface area contributed by atoms with E-state index in [0.29, 0.717) is 5.69 Å². The van der Waals surface area contributed by atoms with E-state index in [9.17, 15) is 4.79 Å². The Morgan fingerprint density at radius 3 is 3.00 bits per heavy atom. The molecule has 0 aliphatic carbocycles. The van der Waals surface area contributed by atoms with Crippen molar-refractivity contribution in [1.82, 2.24) is 14.9 Å². The topological polar surface area (TPSA) is 46.9 Å². The molecule has 2 unspecified atom stereocenters. The number of aromatic nitrogens is 2. The highest BCUT2D eigenvalue weighted by atomic mass is 16.1. The predicted octanol–water partition coefficient (Wildman–Crippen LogP) is 0.601. The summed E-state index contributed by atoms with van der Waals surface area (Å²) in [5.74, 6) is 0.327. The fourth-order valence-corrected chi connectivity index (χ4v) is 2.00. The molecule has 76 valence electrons. The third-order valence-electron chi connectivity index (χ3n) is 2.93. The molecule has 1 N–H and O–H groups in total. The number of carbonyl (C=O) groups excluding carboxylic acids is 1. The van der Waals surface area contributed by atoms with Crippen LogP contribution < -0.4 is 5.32 Å². The van der Waals surface area contributed by atoms with Gasteiger partial charge in [0, 0.05) is 19.0 Å². The smallest absolute Gasteiger partial charge is 0.185 e. The third-order valence-corrected chi connectivity index (χ3v) is 2.93. The van der Waals surface area contributed by atoms with Crippen LogP contribution in [-0.4, -0.2) is 27.9 Å². The Morgan fingerprint density at radius 1 is 1.71 bits per heavy atom. The Hall–Kier alpha value is -1.16. The Balaban J connectivity index is 2.20. The van der Waals surface area contributed by atoms with E-state index in [2.05, 4.69) is 17.2 Å². The van der Waals surface area contributed by atoms with Crippen LogP contribution in [0.15, 0.2) is 12.5 Å². The Morgan fingerprint density at radius 2 is 2.50 bits per heavy atom. The van der Waals surface area contributed by atoms with Crippen molar-refractivity contribution >= 4 is 5.78 Å². The lowest BCUT2D eigenvalue weighted by Gasteiger charge is -2.13. The summed E-state index contributed by atoms with van der Waals surface area (Å²) in [5.41, 5.74) is 0.713. The van der Waals surface area contributed by atoms with Crippen molar-refractivity contribution in [1.29, 1.82) is 0 Å². The minimum Gasteiger partial charge on any atom is -0.331 e. The fourth-order valence-electron chi connectivity index (χ4n) is 2.00. The van der Waals surface area contributed by atoms with E-state index in [-0.39, 0.29) is 17.7 Å². The fraction of sp³-hybridized carbons (Fsp3) is 0.600. The van der Waals surface area contributed by atoms with Crippen molar-refractivity contribution < 1.29 is 4.79 Å².